The number of para-hydroxylation sites is 1. The predicted octanol–water partition coefficient (Wildman–Crippen LogP) is 1.89. The number of nitrogens with one attached hydrogen (secondary N) is 2. The van der Waals surface area contributed by atoms with Gasteiger partial charge >= 0.3 is 0 Å². The van der Waals surface area contributed by atoms with Crippen LogP contribution in [0, 0.1) is 15.9 Å². The van der Waals surface area contributed by atoms with E-state index in [1.54, 1.807) is 6.07 Å². The first-order valence-corrected chi connectivity index (χ1v) is 7.60. The molecule has 2 aromatic rings. The Kier molecular flexibility index (Phi) is 6.20. The molecule has 0 aliphatic rings. The number of rotatable bonds is 6. The van der Waals surface area contributed by atoms with Gasteiger partial charge in [-0.1, -0.05) is 24.3 Å². The van der Waals surface area contributed by atoms with Crippen LogP contribution >= 0.6 is 0 Å². The summed E-state index contributed by atoms with van der Waals surface area (Å²) in [7, 11) is 0. The summed E-state index contributed by atoms with van der Waals surface area (Å²) in [5.74, 6) is -1.86. The van der Waals surface area contributed by atoms with Gasteiger partial charge in [-0.3, -0.25) is 30.6 Å². The number of ether oxygens (including phenoxy) is 1. The smallest absolute Gasteiger partial charge is 0.279 e. The van der Waals surface area contributed by atoms with Crippen molar-refractivity contribution in [2.45, 2.75) is 19.4 Å². The maximum absolute atomic E-state index is 13.5. The third kappa shape index (κ3) is 5.26. The largest absolute Gasteiger partial charge is 0.478 e. The molecule has 0 bridgehead atoms. The third-order valence-electron chi connectivity index (χ3n) is 3.35. The van der Waals surface area contributed by atoms with E-state index >= 15 is 0 Å². The van der Waals surface area contributed by atoms with Gasteiger partial charge in [-0.05, 0) is 24.6 Å². The molecular weight excluding hydrogens is 345 g/mol. The number of nitro groups is 1. The Morgan fingerprint density at radius 2 is 1.81 bits per heavy atom. The highest BCUT2D eigenvalue weighted by molar-refractivity contribution is 5.85. The van der Waals surface area contributed by atoms with Gasteiger partial charge in [-0.15, -0.1) is 0 Å². The monoisotopic (exact) mass is 361 g/mol. The average Bonchev–Trinajstić information content (AvgIpc) is 2.62. The number of hydrazine groups is 1. The Morgan fingerprint density at radius 1 is 1.15 bits per heavy atom. The van der Waals surface area contributed by atoms with Gasteiger partial charge in [0.15, 0.2) is 17.7 Å². The number of amides is 2. The SMILES string of the molecule is C[C@H](Oc1ccccc1F)C(=O)NNC(=O)Cc1ccc([N+](=O)[O-])cc1. The van der Waals surface area contributed by atoms with Crippen LogP contribution in [0.3, 0.4) is 0 Å². The molecule has 0 unspecified atom stereocenters. The van der Waals surface area contributed by atoms with Gasteiger partial charge in [0.05, 0.1) is 11.3 Å². The molecule has 2 N–H and O–H groups in total. The zero-order chi connectivity index (χ0) is 19.1. The van der Waals surface area contributed by atoms with Gasteiger partial charge < -0.3 is 4.74 Å². The Labute approximate surface area is 148 Å². The Bertz CT molecular complexity index is 810. The fraction of sp³-hybridized carbons (Fsp3) is 0.176. The van der Waals surface area contributed by atoms with E-state index in [4.69, 9.17) is 4.74 Å². The maximum Gasteiger partial charge on any atom is 0.279 e. The van der Waals surface area contributed by atoms with Crippen molar-refractivity contribution in [2.75, 3.05) is 0 Å². The van der Waals surface area contributed by atoms with Crippen LogP contribution in [0.25, 0.3) is 0 Å². The normalized spacial score (nSPS) is 11.3. The van der Waals surface area contributed by atoms with Crippen LogP contribution in [-0.4, -0.2) is 22.8 Å². The van der Waals surface area contributed by atoms with Crippen molar-refractivity contribution < 1.29 is 23.6 Å². The van der Waals surface area contributed by atoms with E-state index in [0.717, 1.165) is 0 Å². The number of carbonyl (C=O) groups excluding carboxylic acids is 2. The summed E-state index contributed by atoms with van der Waals surface area (Å²) in [4.78, 5) is 33.7. The minimum Gasteiger partial charge on any atom is -0.478 e. The standard InChI is InChI=1S/C17H16FN3O5/c1-11(26-15-5-3-2-4-14(15)18)17(23)20-19-16(22)10-12-6-8-13(9-7-12)21(24)25/h2-9,11H,10H2,1H3,(H,19,22)(H,20,23)/t11-/m0/s1. The van der Waals surface area contributed by atoms with Gasteiger partial charge in [-0.25, -0.2) is 4.39 Å². The number of hydrogen-bond acceptors (Lipinski definition) is 5. The van der Waals surface area contributed by atoms with Crippen molar-refractivity contribution in [1.29, 1.82) is 0 Å². The van der Waals surface area contributed by atoms with Crippen molar-refractivity contribution >= 4 is 17.5 Å². The number of benzene rings is 2. The van der Waals surface area contributed by atoms with Gasteiger partial charge in [0.2, 0.25) is 5.91 Å². The summed E-state index contributed by atoms with van der Waals surface area (Å²) < 4.78 is 18.7. The van der Waals surface area contributed by atoms with E-state index in [9.17, 15) is 24.1 Å². The highest BCUT2D eigenvalue weighted by atomic mass is 19.1. The van der Waals surface area contributed by atoms with Crippen LogP contribution in [0.2, 0.25) is 0 Å². The number of non-ortho nitro benzene ring substituents is 1. The summed E-state index contributed by atoms with van der Waals surface area (Å²) >= 11 is 0. The van der Waals surface area contributed by atoms with Crippen LogP contribution < -0.4 is 15.6 Å². The molecule has 9 heteroatoms. The van der Waals surface area contributed by atoms with Crippen molar-refractivity contribution in [3.05, 3.63) is 70.0 Å². The lowest BCUT2D eigenvalue weighted by atomic mass is 10.1. The third-order valence-corrected chi connectivity index (χ3v) is 3.35. The predicted molar refractivity (Wildman–Crippen MR) is 89.6 cm³/mol. The molecule has 136 valence electrons. The van der Waals surface area contributed by atoms with E-state index in [-0.39, 0.29) is 17.9 Å². The Balaban J connectivity index is 1.81. The molecule has 0 aromatic heterocycles. The number of halogens is 1. The fourth-order valence-corrected chi connectivity index (χ4v) is 1.98. The molecule has 1 atom stereocenters. The molecule has 0 aliphatic carbocycles. The van der Waals surface area contributed by atoms with Crippen LogP contribution in [-0.2, 0) is 16.0 Å². The second-order valence-corrected chi connectivity index (χ2v) is 5.33. The molecule has 2 aromatic carbocycles. The molecular formula is C17H16FN3O5. The summed E-state index contributed by atoms with van der Waals surface area (Å²) in [5.41, 5.74) is 4.84. The zero-order valence-electron chi connectivity index (χ0n) is 13.8. The van der Waals surface area contributed by atoms with E-state index in [1.165, 1.54) is 49.4 Å². The number of nitrogens with zero attached hydrogens (tertiary/aromatic N) is 1. The average molecular weight is 361 g/mol. The van der Waals surface area contributed by atoms with Crippen LogP contribution in [0.5, 0.6) is 5.75 Å². The second-order valence-electron chi connectivity index (χ2n) is 5.33. The zero-order valence-corrected chi connectivity index (χ0v) is 13.8. The first-order valence-electron chi connectivity index (χ1n) is 7.60. The summed E-state index contributed by atoms with van der Waals surface area (Å²) in [5, 5.41) is 10.6. The van der Waals surface area contributed by atoms with Crippen molar-refractivity contribution in [2.24, 2.45) is 0 Å². The first kappa shape index (κ1) is 18.8. The molecule has 0 spiro atoms. The topological polar surface area (TPSA) is 111 Å². The summed E-state index contributed by atoms with van der Waals surface area (Å²) in [6, 6.07) is 11.1. The molecule has 0 radical (unpaired) electrons. The van der Waals surface area contributed by atoms with E-state index < -0.39 is 28.7 Å². The van der Waals surface area contributed by atoms with Gasteiger partial charge in [-0.2, -0.15) is 0 Å². The van der Waals surface area contributed by atoms with Gasteiger partial charge in [0.25, 0.3) is 11.6 Å². The molecule has 0 saturated heterocycles. The minimum absolute atomic E-state index is 0.0765. The van der Waals surface area contributed by atoms with Crippen molar-refractivity contribution in [3.63, 3.8) is 0 Å². The van der Waals surface area contributed by atoms with Gasteiger partial charge in [0, 0.05) is 12.1 Å². The summed E-state index contributed by atoms with van der Waals surface area (Å²) in [6.45, 7) is 1.41. The molecule has 0 fully saturated rings. The lowest BCUT2D eigenvalue weighted by molar-refractivity contribution is -0.384. The second kappa shape index (κ2) is 8.56. The van der Waals surface area contributed by atoms with Crippen molar-refractivity contribution in [1.82, 2.24) is 10.9 Å². The fourth-order valence-electron chi connectivity index (χ4n) is 1.98. The quantitative estimate of drug-likeness (QED) is 0.603. The first-order chi connectivity index (χ1) is 12.4. The molecule has 0 aliphatic heterocycles. The minimum atomic E-state index is -1.04. The lowest BCUT2D eigenvalue weighted by Gasteiger charge is -2.15. The lowest BCUT2D eigenvalue weighted by Crippen LogP contribution is -2.47. The Morgan fingerprint density at radius 3 is 2.42 bits per heavy atom. The Hall–Kier alpha value is -3.49. The highest BCUT2D eigenvalue weighted by Gasteiger charge is 2.17. The van der Waals surface area contributed by atoms with E-state index in [1.807, 2.05) is 0 Å². The van der Waals surface area contributed by atoms with Crippen LogP contribution in [0.1, 0.15) is 12.5 Å². The molecule has 2 rings (SSSR count). The van der Waals surface area contributed by atoms with E-state index in [2.05, 4.69) is 10.9 Å². The molecule has 0 heterocycles. The van der Waals surface area contributed by atoms with Crippen LogP contribution in [0.15, 0.2) is 48.5 Å². The molecule has 0 saturated carbocycles. The van der Waals surface area contributed by atoms with Crippen LogP contribution in [0.4, 0.5) is 10.1 Å². The van der Waals surface area contributed by atoms with E-state index in [0.29, 0.717) is 5.56 Å². The number of nitro benzene ring substituents is 1. The summed E-state index contributed by atoms with van der Waals surface area (Å²) in [6.07, 6.45) is -1.12. The molecule has 2 amide bonds. The van der Waals surface area contributed by atoms with Crippen molar-refractivity contribution in [3.8, 4) is 5.75 Å². The number of carbonyl (C=O) groups is 2. The highest BCUT2D eigenvalue weighted by Crippen LogP contribution is 2.17. The number of hydrogen-bond donors (Lipinski definition) is 2. The van der Waals surface area contributed by atoms with Gasteiger partial charge in [0.1, 0.15) is 0 Å². The maximum atomic E-state index is 13.5. The molecule has 26 heavy (non-hydrogen) atoms. The molecule has 8 nitrogen and oxygen atoms in total.